The number of benzene rings is 1. The fourth-order valence-electron chi connectivity index (χ4n) is 1.39. The van der Waals surface area contributed by atoms with Gasteiger partial charge in [-0.15, -0.1) is 0 Å². The lowest BCUT2D eigenvalue weighted by molar-refractivity contribution is 0.415. The van der Waals surface area contributed by atoms with Crippen LogP contribution >= 0.6 is 0 Å². The maximum absolute atomic E-state index is 5.54. The Kier molecular flexibility index (Phi) is 3.77. The molecule has 0 amide bonds. The van der Waals surface area contributed by atoms with E-state index in [1.165, 1.54) is 6.07 Å². The van der Waals surface area contributed by atoms with Crippen LogP contribution in [0.3, 0.4) is 0 Å². The SMILES string of the molecule is COc1ccc(C=NNc2nc(N)cc(N)n2)cc1. The molecular weight excluding hydrogens is 244 g/mol. The molecule has 0 aliphatic carbocycles. The number of rotatable bonds is 4. The molecule has 1 heterocycles. The largest absolute Gasteiger partial charge is 0.497 e. The fourth-order valence-corrected chi connectivity index (χ4v) is 1.39. The summed E-state index contributed by atoms with van der Waals surface area (Å²) in [7, 11) is 1.62. The van der Waals surface area contributed by atoms with Crippen molar-refractivity contribution in [2.75, 3.05) is 24.0 Å². The number of nitrogens with two attached hydrogens (primary N) is 2. The first kappa shape index (κ1) is 12.6. The number of hydrogen-bond acceptors (Lipinski definition) is 7. The summed E-state index contributed by atoms with van der Waals surface area (Å²) in [5.41, 5.74) is 14.6. The second-order valence-electron chi connectivity index (χ2n) is 3.68. The van der Waals surface area contributed by atoms with Crippen LogP contribution in [-0.4, -0.2) is 23.3 Å². The number of hydrogen-bond donors (Lipinski definition) is 3. The third-order valence-electron chi connectivity index (χ3n) is 2.26. The summed E-state index contributed by atoms with van der Waals surface area (Å²) in [6, 6.07) is 8.90. The van der Waals surface area contributed by atoms with Crippen LogP contribution in [-0.2, 0) is 0 Å². The van der Waals surface area contributed by atoms with E-state index in [4.69, 9.17) is 16.2 Å². The zero-order chi connectivity index (χ0) is 13.7. The van der Waals surface area contributed by atoms with Crippen LogP contribution in [0.5, 0.6) is 5.75 Å². The van der Waals surface area contributed by atoms with Gasteiger partial charge in [0.1, 0.15) is 17.4 Å². The number of nitrogens with one attached hydrogen (secondary N) is 1. The van der Waals surface area contributed by atoms with Gasteiger partial charge in [-0.1, -0.05) is 0 Å². The van der Waals surface area contributed by atoms with Gasteiger partial charge in [0.05, 0.1) is 13.3 Å². The molecule has 0 bridgehead atoms. The van der Waals surface area contributed by atoms with Crippen LogP contribution in [0.15, 0.2) is 35.4 Å². The Bertz CT molecular complexity index is 561. The lowest BCUT2D eigenvalue weighted by atomic mass is 10.2. The number of anilines is 3. The molecule has 7 heteroatoms. The van der Waals surface area contributed by atoms with Crippen molar-refractivity contribution in [2.45, 2.75) is 0 Å². The van der Waals surface area contributed by atoms with E-state index in [0.29, 0.717) is 0 Å². The Labute approximate surface area is 110 Å². The summed E-state index contributed by atoms with van der Waals surface area (Å²) in [6.45, 7) is 0. The molecule has 19 heavy (non-hydrogen) atoms. The van der Waals surface area contributed by atoms with E-state index in [2.05, 4.69) is 20.5 Å². The molecule has 2 aromatic rings. The molecule has 0 aliphatic heterocycles. The Morgan fingerprint density at radius 2 is 1.79 bits per heavy atom. The topological polar surface area (TPSA) is 111 Å². The van der Waals surface area contributed by atoms with Crippen LogP contribution in [0.25, 0.3) is 0 Å². The molecular formula is C12H14N6O. The highest BCUT2D eigenvalue weighted by Crippen LogP contribution is 2.10. The summed E-state index contributed by atoms with van der Waals surface area (Å²) in [6.07, 6.45) is 1.63. The molecule has 0 spiro atoms. The summed E-state index contributed by atoms with van der Waals surface area (Å²) < 4.78 is 5.06. The minimum absolute atomic E-state index is 0.252. The van der Waals surface area contributed by atoms with Crippen molar-refractivity contribution in [3.63, 3.8) is 0 Å². The highest BCUT2D eigenvalue weighted by molar-refractivity contribution is 5.80. The van der Waals surface area contributed by atoms with Gasteiger partial charge in [-0.25, -0.2) is 5.43 Å². The van der Waals surface area contributed by atoms with E-state index in [-0.39, 0.29) is 17.6 Å². The van der Waals surface area contributed by atoms with Crippen LogP contribution < -0.4 is 21.6 Å². The standard InChI is InChI=1S/C12H14N6O/c1-19-9-4-2-8(3-5-9)7-15-18-12-16-10(13)6-11(14)17-12/h2-7H,1H3,(H5,13,14,16,17,18). The summed E-state index contributed by atoms with van der Waals surface area (Å²) >= 11 is 0. The molecule has 0 saturated carbocycles. The molecule has 1 aromatic heterocycles. The van der Waals surface area contributed by atoms with Crippen molar-refractivity contribution in [3.8, 4) is 5.75 Å². The number of aromatic nitrogens is 2. The first-order valence-corrected chi connectivity index (χ1v) is 5.50. The molecule has 1 aromatic carbocycles. The average molecular weight is 258 g/mol. The number of ether oxygens (including phenoxy) is 1. The summed E-state index contributed by atoms with van der Waals surface area (Å²) in [5.74, 6) is 1.61. The molecule has 0 unspecified atom stereocenters. The van der Waals surface area contributed by atoms with Gasteiger partial charge in [0.2, 0.25) is 5.95 Å². The van der Waals surface area contributed by atoms with Crippen molar-refractivity contribution in [1.29, 1.82) is 0 Å². The molecule has 5 N–H and O–H groups in total. The molecule has 0 fully saturated rings. The first-order valence-electron chi connectivity index (χ1n) is 5.50. The third kappa shape index (κ3) is 3.56. The molecule has 0 atom stereocenters. The van der Waals surface area contributed by atoms with Gasteiger partial charge >= 0.3 is 0 Å². The minimum atomic E-state index is 0.252. The first-order chi connectivity index (χ1) is 9.17. The number of methoxy groups -OCH3 is 1. The van der Waals surface area contributed by atoms with Gasteiger partial charge in [-0.2, -0.15) is 15.1 Å². The van der Waals surface area contributed by atoms with Crippen LogP contribution in [0.1, 0.15) is 5.56 Å². The van der Waals surface area contributed by atoms with E-state index in [0.717, 1.165) is 11.3 Å². The number of hydrazone groups is 1. The minimum Gasteiger partial charge on any atom is -0.497 e. The maximum Gasteiger partial charge on any atom is 0.247 e. The van der Waals surface area contributed by atoms with Gasteiger partial charge < -0.3 is 16.2 Å². The second-order valence-corrected chi connectivity index (χ2v) is 3.68. The predicted octanol–water partition coefficient (Wildman–Crippen LogP) is 1.10. The van der Waals surface area contributed by atoms with Gasteiger partial charge in [-0.3, -0.25) is 0 Å². The highest BCUT2D eigenvalue weighted by atomic mass is 16.5. The fraction of sp³-hybridized carbons (Fsp3) is 0.0833. The molecule has 0 radical (unpaired) electrons. The maximum atomic E-state index is 5.54. The molecule has 0 aliphatic rings. The second kappa shape index (κ2) is 5.67. The zero-order valence-corrected chi connectivity index (χ0v) is 10.4. The monoisotopic (exact) mass is 258 g/mol. The van der Waals surface area contributed by atoms with Crippen LogP contribution in [0.4, 0.5) is 17.6 Å². The predicted molar refractivity (Wildman–Crippen MR) is 75.1 cm³/mol. The van der Waals surface area contributed by atoms with Crippen molar-refractivity contribution in [2.24, 2.45) is 5.10 Å². The highest BCUT2D eigenvalue weighted by Gasteiger charge is 1.97. The summed E-state index contributed by atoms with van der Waals surface area (Å²) in [5, 5.41) is 4.00. The van der Waals surface area contributed by atoms with Crippen LogP contribution in [0, 0.1) is 0 Å². The van der Waals surface area contributed by atoms with E-state index in [1.54, 1.807) is 13.3 Å². The Balaban J connectivity index is 2.02. The molecule has 2 rings (SSSR count). The van der Waals surface area contributed by atoms with Crippen LogP contribution in [0.2, 0.25) is 0 Å². The average Bonchev–Trinajstić information content (AvgIpc) is 2.38. The Hall–Kier alpha value is -2.83. The smallest absolute Gasteiger partial charge is 0.247 e. The van der Waals surface area contributed by atoms with Gasteiger partial charge in [0.15, 0.2) is 0 Å². The lowest BCUT2D eigenvalue weighted by Crippen LogP contribution is -2.03. The van der Waals surface area contributed by atoms with E-state index in [9.17, 15) is 0 Å². The Morgan fingerprint density at radius 1 is 1.16 bits per heavy atom. The van der Waals surface area contributed by atoms with E-state index in [1.807, 2.05) is 24.3 Å². The zero-order valence-electron chi connectivity index (χ0n) is 10.4. The quantitative estimate of drug-likeness (QED) is 0.559. The number of nitrogens with zero attached hydrogens (tertiary/aromatic N) is 3. The van der Waals surface area contributed by atoms with Gasteiger partial charge in [0, 0.05) is 6.07 Å². The van der Waals surface area contributed by atoms with E-state index >= 15 is 0 Å². The molecule has 0 saturated heterocycles. The van der Waals surface area contributed by atoms with Crippen molar-refractivity contribution < 1.29 is 4.74 Å². The lowest BCUT2D eigenvalue weighted by Gasteiger charge is -2.01. The Morgan fingerprint density at radius 3 is 2.37 bits per heavy atom. The van der Waals surface area contributed by atoms with Crippen molar-refractivity contribution >= 4 is 23.8 Å². The van der Waals surface area contributed by atoms with E-state index < -0.39 is 0 Å². The van der Waals surface area contributed by atoms with Gasteiger partial charge in [0.25, 0.3) is 0 Å². The van der Waals surface area contributed by atoms with Crippen molar-refractivity contribution in [3.05, 3.63) is 35.9 Å². The third-order valence-corrected chi connectivity index (χ3v) is 2.26. The normalized spacial score (nSPS) is 10.6. The number of nitrogen functional groups attached to an aromatic ring is 2. The molecule has 98 valence electrons. The molecule has 7 nitrogen and oxygen atoms in total. The summed E-state index contributed by atoms with van der Waals surface area (Å²) in [4.78, 5) is 7.87. The van der Waals surface area contributed by atoms with Crippen molar-refractivity contribution in [1.82, 2.24) is 9.97 Å². The van der Waals surface area contributed by atoms with Gasteiger partial charge in [-0.05, 0) is 29.8 Å².